The van der Waals surface area contributed by atoms with Crippen molar-refractivity contribution in [1.82, 2.24) is 0 Å². The molecule has 4 heteroatoms. The standard InChI is InChI=1S/C22H13BrO3/c23-18-10-6-9-17(15-18)22(25)26-21-12-5-4-11-19(21)20(24)14-13-16-7-2-1-3-8-16/h1-12,15H. The normalized spacial score (nSPS) is 9.73. The minimum absolute atomic E-state index is 0.185. The first-order chi connectivity index (χ1) is 12.6. The molecule has 0 atom stereocenters. The lowest BCUT2D eigenvalue weighted by atomic mass is 10.1. The van der Waals surface area contributed by atoms with Gasteiger partial charge in [0.05, 0.1) is 11.1 Å². The second-order valence-electron chi connectivity index (χ2n) is 5.34. The molecule has 0 unspecified atom stereocenters. The Morgan fingerprint density at radius 3 is 2.35 bits per heavy atom. The Morgan fingerprint density at radius 2 is 1.58 bits per heavy atom. The van der Waals surface area contributed by atoms with Crippen LogP contribution in [0.4, 0.5) is 0 Å². The zero-order chi connectivity index (χ0) is 18.4. The molecule has 0 aromatic heterocycles. The highest BCUT2D eigenvalue weighted by Crippen LogP contribution is 2.21. The van der Waals surface area contributed by atoms with Gasteiger partial charge in [0, 0.05) is 10.0 Å². The van der Waals surface area contributed by atoms with Gasteiger partial charge in [0.1, 0.15) is 5.75 Å². The van der Waals surface area contributed by atoms with Crippen molar-refractivity contribution in [3.05, 3.63) is 100 Å². The third-order valence-corrected chi connectivity index (χ3v) is 3.98. The summed E-state index contributed by atoms with van der Waals surface area (Å²) < 4.78 is 6.18. The van der Waals surface area contributed by atoms with Gasteiger partial charge >= 0.3 is 5.97 Å². The molecule has 0 aliphatic carbocycles. The summed E-state index contributed by atoms with van der Waals surface area (Å²) in [6.07, 6.45) is 0. The molecule has 0 saturated heterocycles. The number of hydrogen-bond donors (Lipinski definition) is 0. The number of rotatable bonds is 3. The van der Waals surface area contributed by atoms with E-state index in [-0.39, 0.29) is 11.3 Å². The predicted molar refractivity (Wildman–Crippen MR) is 103 cm³/mol. The number of para-hydroxylation sites is 1. The summed E-state index contributed by atoms with van der Waals surface area (Å²) in [6, 6.07) is 22.6. The van der Waals surface area contributed by atoms with E-state index in [0.717, 1.165) is 10.0 Å². The molecule has 26 heavy (non-hydrogen) atoms. The monoisotopic (exact) mass is 404 g/mol. The summed E-state index contributed by atoms with van der Waals surface area (Å²) in [5.74, 6) is 4.64. The highest BCUT2D eigenvalue weighted by molar-refractivity contribution is 9.10. The summed E-state index contributed by atoms with van der Waals surface area (Å²) in [4.78, 5) is 24.8. The maximum absolute atomic E-state index is 12.4. The Hall–Kier alpha value is -3.16. The summed E-state index contributed by atoms with van der Waals surface area (Å²) in [6.45, 7) is 0. The number of carbonyl (C=O) groups excluding carboxylic acids is 2. The van der Waals surface area contributed by atoms with Crippen LogP contribution < -0.4 is 4.74 Å². The van der Waals surface area contributed by atoms with E-state index in [1.165, 1.54) is 0 Å². The Bertz CT molecular complexity index is 1010. The Balaban J connectivity index is 1.83. The molecule has 3 nitrogen and oxygen atoms in total. The maximum atomic E-state index is 12.4. The molecule has 0 N–H and O–H groups in total. The highest BCUT2D eigenvalue weighted by Gasteiger charge is 2.15. The van der Waals surface area contributed by atoms with E-state index in [0.29, 0.717) is 5.56 Å². The van der Waals surface area contributed by atoms with Crippen LogP contribution >= 0.6 is 15.9 Å². The average molecular weight is 405 g/mol. The van der Waals surface area contributed by atoms with Crippen molar-refractivity contribution in [3.8, 4) is 17.6 Å². The van der Waals surface area contributed by atoms with Gasteiger partial charge in [-0.05, 0) is 48.4 Å². The molecule has 0 aliphatic rings. The first-order valence-electron chi connectivity index (χ1n) is 7.81. The van der Waals surface area contributed by atoms with Gasteiger partial charge in [-0.2, -0.15) is 0 Å². The zero-order valence-electron chi connectivity index (χ0n) is 13.6. The molecular weight excluding hydrogens is 392 g/mol. The summed E-state index contributed by atoms with van der Waals surface area (Å²) in [5, 5.41) is 0. The van der Waals surface area contributed by atoms with Crippen LogP contribution in [-0.2, 0) is 0 Å². The van der Waals surface area contributed by atoms with Gasteiger partial charge in [-0.1, -0.05) is 58.2 Å². The molecule has 126 valence electrons. The number of ether oxygens (including phenoxy) is 1. The lowest BCUT2D eigenvalue weighted by Crippen LogP contribution is -2.11. The van der Waals surface area contributed by atoms with Crippen molar-refractivity contribution >= 4 is 27.7 Å². The molecule has 0 spiro atoms. The van der Waals surface area contributed by atoms with Crippen LogP contribution in [0, 0.1) is 11.8 Å². The topological polar surface area (TPSA) is 43.4 Å². The Morgan fingerprint density at radius 1 is 0.846 bits per heavy atom. The second kappa shape index (κ2) is 8.28. The van der Waals surface area contributed by atoms with Crippen LogP contribution in [0.25, 0.3) is 0 Å². The van der Waals surface area contributed by atoms with Crippen molar-refractivity contribution < 1.29 is 14.3 Å². The molecule has 0 fully saturated rings. The maximum Gasteiger partial charge on any atom is 0.343 e. The molecule has 0 bridgehead atoms. The number of hydrogen-bond acceptors (Lipinski definition) is 3. The SMILES string of the molecule is O=C(Oc1ccccc1C(=O)C#Cc1ccccc1)c1cccc(Br)c1. The first kappa shape index (κ1) is 17.7. The van der Waals surface area contributed by atoms with E-state index in [9.17, 15) is 9.59 Å². The van der Waals surface area contributed by atoms with E-state index in [2.05, 4.69) is 27.8 Å². The van der Waals surface area contributed by atoms with Crippen LogP contribution in [0.1, 0.15) is 26.3 Å². The molecule has 3 rings (SSSR count). The quantitative estimate of drug-likeness (QED) is 0.269. The van der Waals surface area contributed by atoms with Crippen LogP contribution in [0.5, 0.6) is 5.75 Å². The van der Waals surface area contributed by atoms with Gasteiger partial charge in [0.2, 0.25) is 5.78 Å². The molecular formula is C22H13BrO3. The van der Waals surface area contributed by atoms with Crippen LogP contribution in [0.3, 0.4) is 0 Å². The van der Waals surface area contributed by atoms with Crippen LogP contribution in [0.15, 0.2) is 83.3 Å². The molecule has 3 aromatic carbocycles. The second-order valence-corrected chi connectivity index (χ2v) is 6.26. The minimum Gasteiger partial charge on any atom is -0.422 e. The van der Waals surface area contributed by atoms with Gasteiger partial charge in [-0.15, -0.1) is 0 Å². The van der Waals surface area contributed by atoms with Gasteiger partial charge in [0.25, 0.3) is 0 Å². The fourth-order valence-corrected chi connectivity index (χ4v) is 2.63. The van der Waals surface area contributed by atoms with E-state index in [1.54, 1.807) is 42.5 Å². The Labute approximate surface area is 159 Å². The van der Waals surface area contributed by atoms with E-state index >= 15 is 0 Å². The van der Waals surface area contributed by atoms with Crippen molar-refractivity contribution in [3.63, 3.8) is 0 Å². The summed E-state index contributed by atoms with van der Waals surface area (Å²) in [7, 11) is 0. The third kappa shape index (κ3) is 4.47. The van der Waals surface area contributed by atoms with Crippen molar-refractivity contribution in [2.24, 2.45) is 0 Å². The van der Waals surface area contributed by atoms with E-state index in [1.807, 2.05) is 36.4 Å². The molecule has 0 heterocycles. The third-order valence-electron chi connectivity index (χ3n) is 3.49. The van der Waals surface area contributed by atoms with Crippen molar-refractivity contribution in [2.45, 2.75) is 0 Å². The van der Waals surface area contributed by atoms with Crippen LogP contribution in [0.2, 0.25) is 0 Å². The lowest BCUT2D eigenvalue weighted by molar-refractivity contribution is 0.0733. The van der Waals surface area contributed by atoms with Gasteiger partial charge < -0.3 is 4.74 Å². The highest BCUT2D eigenvalue weighted by atomic mass is 79.9. The van der Waals surface area contributed by atoms with E-state index in [4.69, 9.17) is 4.74 Å². The smallest absolute Gasteiger partial charge is 0.343 e. The molecule has 0 saturated carbocycles. The summed E-state index contributed by atoms with van der Waals surface area (Å²) >= 11 is 3.32. The minimum atomic E-state index is -0.539. The number of Topliss-reactive ketones (excluding diaryl/α,β-unsaturated/α-hetero) is 1. The molecule has 3 aromatic rings. The number of esters is 1. The number of ketones is 1. The fraction of sp³-hybridized carbons (Fsp3) is 0. The average Bonchev–Trinajstić information content (AvgIpc) is 2.67. The zero-order valence-corrected chi connectivity index (χ0v) is 15.2. The number of benzene rings is 3. The predicted octanol–water partition coefficient (Wildman–Crippen LogP) is 4.90. The first-order valence-corrected chi connectivity index (χ1v) is 8.61. The number of halogens is 1. The van der Waals surface area contributed by atoms with Gasteiger partial charge in [-0.25, -0.2) is 4.79 Å². The lowest BCUT2D eigenvalue weighted by Gasteiger charge is -2.07. The fourth-order valence-electron chi connectivity index (χ4n) is 2.24. The largest absolute Gasteiger partial charge is 0.422 e. The van der Waals surface area contributed by atoms with Crippen LogP contribution in [-0.4, -0.2) is 11.8 Å². The molecule has 0 radical (unpaired) electrons. The number of carbonyl (C=O) groups is 2. The Kier molecular flexibility index (Phi) is 5.62. The van der Waals surface area contributed by atoms with E-state index < -0.39 is 11.8 Å². The van der Waals surface area contributed by atoms with Crippen molar-refractivity contribution in [2.75, 3.05) is 0 Å². The summed E-state index contributed by atoms with van der Waals surface area (Å²) in [5.41, 5.74) is 1.38. The molecule has 0 amide bonds. The molecule has 0 aliphatic heterocycles. The van der Waals surface area contributed by atoms with Gasteiger partial charge in [0.15, 0.2) is 0 Å². The van der Waals surface area contributed by atoms with Gasteiger partial charge in [-0.3, -0.25) is 4.79 Å². The van der Waals surface area contributed by atoms with Crippen molar-refractivity contribution in [1.29, 1.82) is 0 Å².